The fourth-order valence-corrected chi connectivity index (χ4v) is 2.38. The van der Waals surface area contributed by atoms with Crippen molar-refractivity contribution in [3.63, 3.8) is 0 Å². The lowest BCUT2D eigenvalue weighted by Gasteiger charge is -2.39. The molecule has 1 saturated heterocycles. The maximum absolute atomic E-state index is 5.82. The van der Waals surface area contributed by atoms with Gasteiger partial charge >= 0.3 is 0 Å². The Morgan fingerprint density at radius 2 is 2.22 bits per heavy atom. The number of ether oxygens (including phenoxy) is 1. The quantitative estimate of drug-likeness (QED) is 0.848. The Balaban J connectivity index is 2.24. The molecular formula is C12H21N5O. The van der Waals surface area contributed by atoms with E-state index in [0.29, 0.717) is 17.6 Å². The Labute approximate surface area is 108 Å². The second kappa shape index (κ2) is 5.39. The van der Waals surface area contributed by atoms with E-state index in [4.69, 9.17) is 10.5 Å². The van der Waals surface area contributed by atoms with E-state index in [1.165, 1.54) is 6.33 Å². The summed E-state index contributed by atoms with van der Waals surface area (Å²) in [6, 6.07) is 0.541. The number of aromatic nitrogens is 2. The third kappa shape index (κ3) is 2.33. The van der Waals surface area contributed by atoms with E-state index in [2.05, 4.69) is 33.7 Å². The molecule has 1 aromatic heterocycles. The minimum Gasteiger partial charge on any atom is -0.490 e. The van der Waals surface area contributed by atoms with Crippen LogP contribution >= 0.6 is 0 Å². The molecule has 2 rings (SSSR count). The third-order valence-corrected chi connectivity index (χ3v) is 3.56. The summed E-state index contributed by atoms with van der Waals surface area (Å²) in [5.74, 6) is 1.78. The largest absolute Gasteiger partial charge is 0.490 e. The number of anilines is 2. The zero-order valence-electron chi connectivity index (χ0n) is 11.3. The van der Waals surface area contributed by atoms with Gasteiger partial charge in [0.05, 0.1) is 7.11 Å². The predicted octanol–water partition coefficient (Wildman–Crippen LogP) is 0.598. The van der Waals surface area contributed by atoms with Crippen molar-refractivity contribution in [2.24, 2.45) is 0 Å². The van der Waals surface area contributed by atoms with E-state index < -0.39 is 0 Å². The number of rotatable bonds is 3. The molecule has 0 aliphatic carbocycles. The van der Waals surface area contributed by atoms with Crippen molar-refractivity contribution in [1.82, 2.24) is 14.9 Å². The molecule has 6 nitrogen and oxygen atoms in total. The van der Waals surface area contributed by atoms with Crippen LogP contribution in [-0.2, 0) is 0 Å². The number of nitrogens with two attached hydrogens (primary N) is 1. The number of likely N-dealkylation sites (N-methyl/N-ethyl adjacent to an activating group) is 1. The second-order valence-electron chi connectivity index (χ2n) is 4.60. The van der Waals surface area contributed by atoms with Gasteiger partial charge < -0.3 is 15.4 Å². The van der Waals surface area contributed by atoms with Crippen LogP contribution in [0.1, 0.15) is 13.3 Å². The summed E-state index contributed by atoms with van der Waals surface area (Å²) in [5.41, 5.74) is 5.82. The van der Waals surface area contributed by atoms with Crippen molar-refractivity contribution >= 4 is 11.6 Å². The van der Waals surface area contributed by atoms with Gasteiger partial charge in [-0.25, -0.2) is 9.97 Å². The summed E-state index contributed by atoms with van der Waals surface area (Å²) >= 11 is 0. The van der Waals surface area contributed by atoms with E-state index in [1.807, 2.05) is 0 Å². The molecule has 0 aromatic carbocycles. The predicted molar refractivity (Wildman–Crippen MR) is 71.9 cm³/mol. The summed E-state index contributed by atoms with van der Waals surface area (Å²) in [5, 5.41) is 0. The van der Waals surface area contributed by atoms with Crippen molar-refractivity contribution in [2.45, 2.75) is 19.4 Å². The maximum atomic E-state index is 5.82. The average molecular weight is 251 g/mol. The molecule has 0 bridgehead atoms. The molecule has 0 amide bonds. The van der Waals surface area contributed by atoms with Crippen LogP contribution in [0.4, 0.5) is 11.6 Å². The molecule has 1 atom stereocenters. The number of methoxy groups -OCH3 is 1. The van der Waals surface area contributed by atoms with Gasteiger partial charge in [0.15, 0.2) is 11.6 Å². The molecule has 0 radical (unpaired) electrons. The Morgan fingerprint density at radius 1 is 1.44 bits per heavy atom. The molecule has 1 unspecified atom stereocenters. The fourth-order valence-electron chi connectivity index (χ4n) is 2.38. The topological polar surface area (TPSA) is 67.5 Å². The van der Waals surface area contributed by atoms with Crippen LogP contribution in [0.3, 0.4) is 0 Å². The van der Waals surface area contributed by atoms with Crippen LogP contribution in [-0.4, -0.2) is 54.7 Å². The molecular weight excluding hydrogens is 230 g/mol. The fraction of sp³-hybridized carbons (Fsp3) is 0.667. The van der Waals surface area contributed by atoms with E-state index in [9.17, 15) is 0 Å². The normalized spacial score (nSPS) is 21.1. The number of nitrogens with zero attached hydrogens (tertiary/aromatic N) is 4. The lowest BCUT2D eigenvalue weighted by Crippen LogP contribution is -2.51. The standard InChI is InChI=1S/C12H21N5O/c1-4-9-7-17(6-5-16(9)2)12-10(18-3)11(13)14-8-15-12/h8-9H,4-7H2,1-3H3,(H2,13,14,15). The third-order valence-electron chi connectivity index (χ3n) is 3.56. The molecule has 0 saturated carbocycles. The molecule has 6 heteroatoms. The van der Waals surface area contributed by atoms with Crippen LogP contribution in [0.2, 0.25) is 0 Å². The first kappa shape index (κ1) is 12.9. The van der Waals surface area contributed by atoms with Gasteiger partial charge in [-0.1, -0.05) is 6.92 Å². The first-order valence-corrected chi connectivity index (χ1v) is 6.27. The Morgan fingerprint density at radius 3 is 2.89 bits per heavy atom. The van der Waals surface area contributed by atoms with Crippen molar-refractivity contribution in [3.8, 4) is 5.75 Å². The molecule has 0 spiro atoms. The Hall–Kier alpha value is -1.56. The summed E-state index contributed by atoms with van der Waals surface area (Å²) in [6.45, 7) is 5.10. The second-order valence-corrected chi connectivity index (χ2v) is 4.60. The molecule has 1 aliphatic heterocycles. The van der Waals surface area contributed by atoms with Gasteiger partial charge in [0.2, 0.25) is 5.75 Å². The highest BCUT2D eigenvalue weighted by atomic mass is 16.5. The summed E-state index contributed by atoms with van der Waals surface area (Å²) in [6.07, 6.45) is 2.61. The maximum Gasteiger partial charge on any atom is 0.204 e. The molecule has 18 heavy (non-hydrogen) atoms. The minimum absolute atomic E-state index is 0.398. The molecule has 100 valence electrons. The summed E-state index contributed by atoms with van der Waals surface area (Å²) < 4.78 is 5.32. The SMILES string of the molecule is CCC1CN(c2ncnc(N)c2OC)CCN1C. The van der Waals surface area contributed by atoms with Crippen LogP contribution < -0.4 is 15.4 Å². The minimum atomic E-state index is 0.398. The van der Waals surface area contributed by atoms with E-state index in [-0.39, 0.29) is 0 Å². The molecule has 1 aliphatic rings. The van der Waals surface area contributed by atoms with Gasteiger partial charge in [-0.3, -0.25) is 4.90 Å². The highest BCUT2D eigenvalue weighted by molar-refractivity contribution is 5.62. The molecule has 2 N–H and O–H groups in total. The number of piperazine rings is 1. The van der Waals surface area contributed by atoms with Crippen molar-refractivity contribution < 1.29 is 4.74 Å². The van der Waals surface area contributed by atoms with Crippen LogP contribution in [0, 0.1) is 0 Å². The van der Waals surface area contributed by atoms with E-state index in [1.54, 1.807) is 7.11 Å². The van der Waals surface area contributed by atoms with Gasteiger partial charge in [-0.2, -0.15) is 0 Å². The average Bonchev–Trinajstić information content (AvgIpc) is 2.39. The number of hydrogen-bond acceptors (Lipinski definition) is 6. The smallest absolute Gasteiger partial charge is 0.204 e. The highest BCUT2D eigenvalue weighted by Crippen LogP contribution is 2.31. The number of hydrogen-bond donors (Lipinski definition) is 1. The summed E-state index contributed by atoms with van der Waals surface area (Å²) in [7, 11) is 3.77. The van der Waals surface area contributed by atoms with Crippen LogP contribution in [0.15, 0.2) is 6.33 Å². The first-order chi connectivity index (χ1) is 8.67. The first-order valence-electron chi connectivity index (χ1n) is 6.27. The lowest BCUT2D eigenvalue weighted by molar-refractivity contribution is 0.212. The zero-order chi connectivity index (χ0) is 13.1. The van der Waals surface area contributed by atoms with Gasteiger partial charge in [0.25, 0.3) is 0 Å². The van der Waals surface area contributed by atoms with E-state index >= 15 is 0 Å². The Bertz CT molecular complexity index is 411. The van der Waals surface area contributed by atoms with Crippen molar-refractivity contribution in [3.05, 3.63) is 6.33 Å². The molecule has 1 aromatic rings. The molecule has 2 heterocycles. The van der Waals surface area contributed by atoms with Crippen LogP contribution in [0.25, 0.3) is 0 Å². The van der Waals surface area contributed by atoms with Gasteiger partial charge in [-0.15, -0.1) is 0 Å². The van der Waals surface area contributed by atoms with Crippen LogP contribution in [0.5, 0.6) is 5.75 Å². The molecule has 1 fully saturated rings. The zero-order valence-corrected chi connectivity index (χ0v) is 11.3. The van der Waals surface area contributed by atoms with Crippen molar-refractivity contribution in [2.75, 3.05) is 44.4 Å². The van der Waals surface area contributed by atoms with Gasteiger partial charge in [0.1, 0.15) is 6.33 Å². The monoisotopic (exact) mass is 251 g/mol. The Kier molecular flexibility index (Phi) is 3.86. The number of nitrogen functional groups attached to an aromatic ring is 1. The van der Waals surface area contributed by atoms with Crippen molar-refractivity contribution in [1.29, 1.82) is 0 Å². The highest BCUT2D eigenvalue weighted by Gasteiger charge is 2.26. The van der Waals surface area contributed by atoms with E-state index in [0.717, 1.165) is 31.9 Å². The lowest BCUT2D eigenvalue weighted by atomic mass is 10.1. The van der Waals surface area contributed by atoms with Gasteiger partial charge in [0, 0.05) is 25.7 Å². The summed E-state index contributed by atoms with van der Waals surface area (Å²) in [4.78, 5) is 12.9. The van der Waals surface area contributed by atoms with Gasteiger partial charge in [-0.05, 0) is 13.5 Å².